The van der Waals surface area contributed by atoms with E-state index in [9.17, 15) is 4.79 Å². The second-order valence-corrected chi connectivity index (χ2v) is 6.64. The van der Waals surface area contributed by atoms with Crippen molar-refractivity contribution in [2.75, 3.05) is 13.6 Å². The van der Waals surface area contributed by atoms with E-state index in [1.165, 1.54) is 0 Å². The van der Waals surface area contributed by atoms with Crippen LogP contribution in [0.4, 0.5) is 0 Å². The highest BCUT2D eigenvalue weighted by Gasteiger charge is 2.40. The van der Waals surface area contributed by atoms with Crippen LogP contribution in [0, 0.1) is 5.92 Å². The highest BCUT2D eigenvalue weighted by atomic mass is 16.2. The van der Waals surface area contributed by atoms with Gasteiger partial charge in [-0.3, -0.25) is 4.79 Å². The molecule has 0 bridgehead atoms. The number of likely N-dealkylation sites (tertiary alicyclic amines) is 1. The molecule has 1 fully saturated rings. The number of imidazole rings is 1. The monoisotopic (exact) mass is 338 g/mol. The van der Waals surface area contributed by atoms with Gasteiger partial charge in [-0.15, -0.1) is 0 Å². The van der Waals surface area contributed by atoms with Crippen LogP contribution in [-0.4, -0.2) is 43.6 Å². The fraction of sp³-hybridized carbons (Fsp3) is 0.389. The van der Waals surface area contributed by atoms with Gasteiger partial charge in [0.1, 0.15) is 5.82 Å². The Bertz CT molecular complexity index is 898. The first kappa shape index (κ1) is 15.8. The smallest absolute Gasteiger partial charge is 0.223 e. The SMILES string of the molecule is CN1C(=O)C[C@@H](CNCc2cnn3ccccc23)[C@@H]1c1nccn1C. The van der Waals surface area contributed by atoms with Crippen LogP contribution in [0.25, 0.3) is 5.52 Å². The lowest BCUT2D eigenvalue weighted by Crippen LogP contribution is -2.30. The van der Waals surface area contributed by atoms with Crippen molar-refractivity contribution < 1.29 is 4.79 Å². The maximum absolute atomic E-state index is 12.2. The number of hydrogen-bond acceptors (Lipinski definition) is 4. The molecule has 7 nitrogen and oxygen atoms in total. The molecule has 3 aromatic heterocycles. The first-order valence-electron chi connectivity index (χ1n) is 8.50. The Morgan fingerprint density at radius 3 is 2.96 bits per heavy atom. The Hall–Kier alpha value is -2.67. The van der Waals surface area contributed by atoms with Gasteiger partial charge in [0.2, 0.25) is 5.91 Å². The number of fused-ring (bicyclic) bond motifs is 1. The van der Waals surface area contributed by atoms with E-state index in [-0.39, 0.29) is 17.9 Å². The van der Waals surface area contributed by atoms with Crippen LogP contribution in [0.15, 0.2) is 43.0 Å². The molecule has 0 aliphatic carbocycles. The molecule has 2 atom stereocenters. The van der Waals surface area contributed by atoms with Crippen molar-refractivity contribution in [1.82, 2.24) is 29.4 Å². The summed E-state index contributed by atoms with van der Waals surface area (Å²) in [5.74, 6) is 1.33. The lowest BCUT2D eigenvalue weighted by Gasteiger charge is -2.24. The molecule has 0 aromatic carbocycles. The van der Waals surface area contributed by atoms with Crippen molar-refractivity contribution in [3.05, 3.63) is 54.4 Å². The average Bonchev–Trinajstić information content (AvgIpc) is 3.28. The zero-order valence-corrected chi connectivity index (χ0v) is 14.5. The Kier molecular flexibility index (Phi) is 4.01. The molecule has 0 saturated carbocycles. The van der Waals surface area contributed by atoms with E-state index >= 15 is 0 Å². The van der Waals surface area contributed by atoms with Crippen molar-refractivity contribution in [2.45, 2.75) is 19.0 Å². The molecule has 25 heavy (non-hydrogen) atoms. The van der Waals surface area contributed by atoms with E-state index in [1.54, 1.807) is 6.20 Å². The van der Waals surface area contributed by atoms with Crippen LogP contribution in [0.5, 0.6) is 0 Å². The molecule has 4 heterocycles. The van der Waals surface area contributed by atoms with Crippen molar-refractivity contribution in [3.63, 3.8) is 0 Å². The molecule has 1 saturated heterocycles. The summed E-state index contributed by atoms with van der Waals surface area (Å²) in [7, 11) is 3.84. The minimum Gasteiger partial charge on any atom is -0.336 e. The maximum atomic E-state index is 12.2. The van der Waals surface area contributed by atoms with E-state index in [2.05, 4.69) is 21.5 Å². The second kappa shape index (κ2) is 6.33. The summed E-state index contributed by atoms with van der Waals surface area (Å²) in [5, 5.41) is 7.87. The van der Waals surface area contributed by atoms with Crippen molar-refractivity contribution in [3.8, 4) is 0 Å². The molecule has 4 rings (SSSR count). The number of rotatable bonds is 5. The van der Waals surface area contributed by atoms with Gasteiger partial charge in [-0.05, 0) is 12.1 Å². The standard InChI is InChI=1S/C18H22N6O/c1-22-8-6-20-18(22)17-13(9-16(25)23(17)2)10-19-11-14-12-21-24-7-4-3-5-15(14)24/h3-8,12-13,17,19H,9-11H2,1-2H3/t13-,17+/m0/s1. The average molecular weight is 338 g/mol. The summed E-state index contributed by atoms with van der Waals surface area (Å²) in [5.41, 5.74) is 2.27. The van der Waals surface area contributed by atoms with Crippen LogP contribution in [0.3, 0.4) is 0 Å². The first-order valence-corrected chi connectivity index (χ1v) is 8.50. The van der Waals surface area contributed by atoms with Gasteiger partial charge in [0, 0.05) is 63.7 Å². The Balaban J connectivity index is 1.46. The largest absolute Gasteiger partial charge is 0.336 e. The quantitative estimate of drug-likeness (QED) is 0.763. The number of hydrogen-bond donors (Lipinski definition) is 1. The van der Waals surface area contributed by atoms with Gasteiger partial charge < -0.3 is 14.8 Å². The Morgan fingerprint density at radius 2 is 2.16 bits per heavy atom. The summed E-state index contributed by atoms with van der Waals surface area (Å²) in [6.07, 6.45) is 8.10. The number of nitrogens with zero attached hydrogens (tertiary/aromatic N) is 5. The van der Waals surface area contributed by atoms with E-state index in [4.69, 9.17) is 0 Å². The molecule has 0 unspecified atom stereocenters. The summed E-state index contributed by atoms with van der Waals surface area (Å²) in [4.78, 5) is 18.5. The maximum Gasteiger partial charge on any atom is 0.223 e. The molecular formula is C18H22N6O. The fourth-order valence-corrected chi connectivity index (χ4v) is 3.70. The number of nitrogens with one attached hydrogen (secondary N) is 1. The van der Waals surface area contributed by atoms with Crippen LogP contribution in [0.1, 0.15) is 23.9 Å². The number of pyridine rings is 1. The van der Waals surface area contributed by atoms with Crippen LogP contribution < -0.4 is 5.32 Å². The fourth-order valence-electron chi connectivity index (χ4n) is 3.70. The van der Waals surface area contributed by atoms with Gasteiger partial charge >= 0.3 is 0 Å². The number of aryl methyl sites for hydroxylation is 1. The zero-order valence-electron chi connectivity index (χ0n) is 14.5. The molecule has 7 heteroatoms. The van der Waals surface area contributed by atoms with Gasteiger partial charge in [0.15, 0.2) is 0 Å². The third kappa shape index (κ3) is 2.80. The predicted octanol–water partition coefficient (Wildman–Crippen LogP) is 1.38. The molecule has 1 N–H and O–H groups in total. The molecule has 3 aromatic rings. The lowest BCUT2D eigenvalue weighted by atomic mass is 9.99. The molecule has 1 aliphatic rings. The highest BCUT2D eigenvalue weighted by Crippen LogP contribution is 2.35. The van der Waals surface area contributed by atoms with Crippen molar-refractivity contribution >= 4 is 11.4 Å². The molecule has 0 radical (unpaired) electrons. The normalized spacial score (nSPS) is 20.7. The van der Waals surface area contributed by atoms with Gasteiger partial charge in [0.25, 0.3) is 0 Å². The minimum absolute atomic E-state index is 0.0175. The topological polar surface area (TPSA) is 67.5 Å². The number of carbonyl (C=O) groups excluding carboxylic acids is 1. The number of amides is 1. The molecule has 1 amide bonds. The first-order chi connectivity index (χ1) is 12.1. The van der Waals surface area contributed by atoms with Crippen LogP contribution in [-0.2, 0) is 18.4 Å². The van der Waals surface area contributed by atoms with Gasteiger partial charge in [-0.2, -0.15) is 5.10 Å². The Morgan fingerprint density at radius 1 is 1.28 bits per heavy atom. The number of aromatic nitrogens is 4. The molecule has 1 aliphatic heterocycles. The zero-order chi connectivity index (χ0) is 17.4. The summed E-state index contributed by atoms with van der Waals surface area (Å²) in [6, 6.07) is 6.06. The molecule has 130 valence electrons. The van der Waals surface area contributed by atoms with Crippen LogP contribution >= 0.6 is 0 Å². The second-order valence-electron chi connectivity index (χ2n) is 6.64. The number of carbonyl (C=O) groups is 1. The van der Waals surface area contributed by atoms with Gasteiger partial charge in [0.05, 0.1) is 17.8 Å². The van der Waals surface area contributed by atoms with Gasteiger partial charge in [-0.25, -0.2) is 9.50 Å². The lowest BCUT2D eigenvalue weighted by molar-refractivity contribution is -0.127. The van der Waals surface area contributed by atoms with Crippen molar-refractivity contribution in [2.24, 2.45) is 13.0 Å². The van der Waals surface area contributed by atoms with E-state index in [0.717, 1.165) is 30.0 Å². The molecular weight excluding hydrogens is 316 g/mol. The summed E-state index contributed by atoms with van der Waals surface area (Å²) >= 11 is 0. The van der Waals surface area contributed by atoms with E-state index in [1.807, 2.05) is 58.8 Å². The highest BCUT2D eigenvalue weighted by molar-refractivity contribution is 5.79. The van der Waals surface area contributed by atoms with E-state index < -0.39 is 0 Å². The summed E-state index contributed by atoms with van der Waals surface area (Å²) in [6.45, 7) is 1.49. The third-order valence-electron chi connectivity index (χ3n) is 5.05. The van der Waals surface area contributed by atoms with Crippen LogP contribution in [0.2, 0.25) is 0 Å². The van der Waals surface area contributed by atoms with Crippen molar-refractivity contribution in [1.29, 1.82) is 0 Å². The predicted molar refractivity (Wildman–Crippen MR) is 93.7 cm³/mol. The van der Waals surface area contributed by atoms with E-state index in [0.29, 0.717) is 6.42 Å². The molecule has 0 spiro atoms. The minimum atomic E-state index is 0.0175. The third-order valence-corrected chi connectivity index (χ3v) is 5.05. The van der Waals surface area contributed by atoms with Gasteiger partial charge in [-0.1, -0.05) is 6.07 Å². The Labute approximate surface area is 146 Å². The summed E-state index contributed by atoms with van der Waals surface area (Å²) < 4.78 is 3.87.